The third kappa shape index (κ3) is 9.49. The number of hydrogen-bond donors (Lipinski definition) is 0. The molecule has 0 aromatic carbocycles. The van der Waals surface area contributed by atoms with Crippen LogP contribution in [-0.2, 0) is 0 Å². The Bertz CT molecular complexity index is 291. The van der Waals surface area contributed by atoms with E-state index in [4.69, 9.17) is 0 Å². The lowest BCUT2D eigenvalue weighted by Crippen LogP contribution is -1.82. The van der Waals surface area contributed by atoms with Crippen LogP contribution in [0.25, 0.3) is 6.08 Å². The van der Waals surface area contributed by atoms with Crippen LogP contribution in [0.4, 0.5) is 5.69 Å². The molecule has 0 radical (unpaired) electrons. The van der Waals surface area contributed by atoms with Crippen LogP contribution in [0.2, 0.25) is 0 Å². The first-order chi connectivity index (χ1) is 8.27. The van der Waals surface area contributed by atoms with Gasteiger partial charge in [-0.05, 0) is 31.3 Å². The fraction of sp³-hybridized carbons (Fsp3) is 0.467. The van der Waals surface area contributed by atoms with Gasteiger partial charge in [0, 0.05) is 6.20 Å². The van der Waals surface area contributed by atoms with Crippen molar-refractivity contribution >= 4 is 18.5 Å². The van der Waals surface area contributed by atoms with Gasteiger partial charge in [0.15, 0.2) is 0 Å². The number of rotatable bonds is 2. The lowest BCUT2D eigenvalue weighted by atomic mass is 10.2. The summed E-state index contributed by atoms with van der Waals surface area (Å²) < 4.78 is 0. The van der Waals surface area contributed by atoms with Crippen molar-refractivity contribution < 1.29 is 0 Å². The van der Waals surface area contributed by atoms with Gasteiger partial charge < -0.3 is 0 Å². The van der Waals surface area contributed by atoms with Crippen molar-refractivity contribution in [2.24, 2.45) is 4.99 Å². The number of aliphatic imine (C=N–C) groups is 1. The van der Waals surface area contributed by atoms with Crippen LogP contribution in [0.1, 0.15) is 52.8 Å². The number of hydrogen-bond acceptors (Lipinski definition) is 2. The molecule has 0 fully saturated rings. The van der Waals surface area contributed by atoms with Gasteiger partial charge in [0.1, 0.15) is 0 Å². The van der Waals surface area contributed by atoms with Gasteiger partial charge in [0.2, 0.25) is 0 Å². The average Bonchev–Trinajstić information content (AvgIpc) is 2.45. The Hall–Kier alpha value is -1.44. The molecule has 1 aromatic rings. The molecule has 0 spiro atoms. The average molecular weight is 236 g/mol. The van der Waals surface area contributed by atoms with Crippen molar-refractivity contribution in [1.29, 1.82) is 0 Å². The van der Waals surface area contributed by atoms with Crippen molar-refractivity contribution in [3.05, 3.63) is 30.1 Å². The zero-order valence-electron chi connectivity index (χ0n) is 12.5. The number of aromatic nitrogens is 1. The smallest absolute Gasteiger partial charge is 0.0881 e. The largest absolute Gasteiger partial charge is 0.262 e. The second-order valence-corrected chi connectivity index (χ2v) is 2.28. The minimum Gasteiger partial charge on any atom is -0.262 e. The Morgan fingerprint density at radius 2 is 1.59 bits per heavy atom. The van der Waals surface area contributed by atoms with E-state index in [2.05, 4.69) is 23.3 Å². The zero-order valence-corrected chi connectivity index (χ0v) is 12.5. The SMILES string of the molecule is C=Cc1ncc(C)cc1N=C.CC.CC.CC. The van der Waals surface area contributed by atoms with Crippen LogP contribution < -0.4 is 0 Å². The summed E-state index contributed by atoms with van der Waals surface area (Å²) in [5.41, 5.74) is 2.66. The van der Waals surface area contributed by atoms with Gasteiger partial charge in [-0.15, -0.1) is 0 Å². The molecule has 0 aliphatic carbocycles. The maximum Gasteiger partial charge on any atom is 0.0881 e. The molecular weight excluding hydrogens is 208 g/mol. The normalized spacial score (nSPS) is 7.00. The van der Waals surface area contributed by atoms with Crippen LogP contribution in [0, 0.1) is 6.92 Å². The molecule has 2 heteroatoms. The third-order valence-electron chi connectivity index (χ3n) is 1.40. The van der Waals surface area contributed by atoms with E-state index >= 15 is 0 Å². The molecule has 0 bridgehead atoms. The van der Waals surface area contributed by atoms with E-state index in [0.717, 1.165) is 16.9 Å². The molecule has 98 valence electrons. The Morgan fingerprint density at radius 3 is 1.94 bits per heavy atom. The molecule has 0 atom stereocenters. The van der Waals surface area contributed by atoms with Crippen LogP contribution >= 0.6 is 0 Å². The first-order valence-corrected chi connectivity index (χ1v) is 6.33. The second kappa shape index (κ2) is 17.0. The van der Waals surface area contributed by atoms with Crippen molar-refractivity contribution in [3.8, 4) is 0 Å². The molecule has 1 heterocycles. The summed E-state index contributed by atoms with van der Waals surface area (Å²) in [5, 5.41) is 0. The van der Waals surface area contributed by atoms with Gasteiger partial charge in [-0.25, -0.2) is 0 Å². The van der Waals surface area contributed by atoms with Gasteiger partial charge in [0.25, 0.3) is 0 Å². The molecule has 0 N–H and O–H groups in total. The van der Waals surface area contributed by atoms with E-state index < -0.39 is 0 Å². The molecule has 0 amide bonds. The molecule has 0 aliphatic rings. The highest BCUT2D eigenvalue weighted by molar-refractivity contribution is 5.61. The highest BCUT2D eigenvalue weighted by atomic mass is 14.8. The second-order valence-electron chi connectivity index (χ2n) is 2.28. The first-order valence-electron chi connectivity index (χ1n) is 6.33. The van der Waals surface area contributed by atoms with Crippen LogP contribution in [-0.4, -0.2) is 11.7 Å². The van der Waals surface area contributed by atoms with E-state index in [0.29, 0.717) is 0 Å². The van der Waals surface area contributed by atoms with E-state index in [9.17, 15) is 0 Å². The maximum absolute atomic E-state index is 4.12. The minimum atomic E-state index is 0.783. The van der Waals surface area contributed by atoms with Crippen LogP contribution in [0.5, 0.6) is 0 Å². The molecular formula is C15H28N2. The molecule has 17 heavy (non-hydrogen) atoms. The lowest BCUT2D eigenvalue weighted by Gasteiger charge is -1.98. The van der Waals surface area contributed by atoms with Crippen molar-refractivity contribution in [2.75, 3.05) is 0 Å². The Balaban J connectivity index is -0.000000285. The van der Waals surface area contributed by atoms with Crippen molar-refractivity contribution in [1.82, 2.24) is 4.98 Å². The minimum absolute atomic E-state index is 0.783. The molecule has 2 nitrogen and oxygen atoms in total. The molecule has 0 saturated carbocycles. The van der Waals surface area contributed by atoms with Crippen molar-refractivity contribution in [2.45, 2.75) is 48.5 Å². The lowest BCUT2D eigenvalue weighted by molar-refractivity contribution is 1.23. The summed E-state index contributed by atoms with van der Waals surface area (Å²) in [4.78, 5) is 7.93. The topological polar surface area (TPSA) is 25.2 Å². The fourth-order valence-corrected chi connectivity index (χ4v) is 0.848. The number of pyridine rings is 1. The first kappa shape index (κ1) is 20.9. The molecule has 0 unspecified atom stereocenters. The van der Waals surface area contributed by atoms with Crippen LogP contribution in [0.15, 0.2) is 23.8 Å². The maximum atomic E-state index is 4.12. The summed E-state index contributed by atoms with van der Waals surface area (Å²) in [5.74, 6) is 0. The van der Waals surface area contributed by atoms with E-state index in [-0.39, 0.29) is 0 Å². The van der Waals surface area contributed by atoms with Gasteiger partial charge in [-0.3, -0.25) is 9.98 Å². The summed E-state index contributed by atoms with van der Waals surface area (Å²) in [7, 11) is 0. The Kier molecular flexibility index (Phi) is 20.9. The Morgan fingerprint density at radius 1 is 1.12 bits per heavy atom. The van der Waals surface area contributed by atoms with Gasteiger partial charge in [-0.1, -0.05) is 48.1 Å². The summed E-state index contributed by atoms with van der Waals surface area (Å²) in [6.07, 6.45) is 3.45. The number of nitrogens with zero attached hydrogens (tertiary/aromatic N) is 2. The quantitative estimate of drug-likeness (QED) is 0.627. The summed E-state index contributed by atoms with van der Waals surface area (Å²) in [6, 6.07) is 1.93. The molecule has 1 rings (SSSR count). The van der Waals surface area contributed by atoms with Gasteiger partial charge in [-0.2, -0.15) is 0 Å². The third-order valence-corrected chi connectivity index (χ3v) is 1.40. The molecule has 1 aromatic heterocycles. The van der Waals surface area contributed by atoms with Gasteiger partial charge >= 0.3 is 0 Å². The predicted octanol–water partition coefficient (Wildman–Crippen LogP) is 5.44. The molecule has 0 saturated heterocycles. The van der Waals surface area contributed by atoms with E-state index in [1.807, 2.05) is 54.5 Å². The van der Waals surface area contributed by atoms with Gasteiger partial charge in [0.05, 0.1) is 11.4 Å². The van der Waals surface area contributed by atoms with E-state index in [1.54, 1.807) is 12.3 Å². The highest BCUT2D eigenvalue weighted by Gasteiger charge is 1.96. The van der Waals surface area contributed by atoms with Crippen LogP contribution in [0.3, 0.4) is 0 Å². The monoisotopic (exact) mass is 236 g/mol. The highest BCUT2D eigenvalue weighted by Crippen LogP contribution is 2.17. The Labute approximate surface area is 108 Å². The summed E-state index contributed by atoms with van der Waals surface area (Å²) >= 11 is 0. The summed E-state index contributed by atoms with van der Waals surface area (Å²) in [6.45, 7) is 21.0. The fourth-order valence-electron chi connectivity index (χ4n) is 0.848. The van der Waals surface area contributed by atoms with Crippen molar-refractivity contribution in [3.63, 3.8) is 0 Å². The molecule has 0 aliphatic heterocycles. The standard InChI is InChI=1S/C9H10N2.3C2H6/c1-4-8-9(10-3)5-7(2)6-11-8;3*1-2/h4-6H,1,3H2,2H3;3*1-2H3. The number of aryl methyl sites for hydroxylation is 1. The van der Waals surface area contributed by atoms with E-state index in [1.165, 1.54) is 0 Å². The predicted molar refractivity (Wildman–Crippen MR) is 82.3 cm³/mol. The zero-order chi connectivity index (χ0) is 14.3.